The molecule has 1 aromatic carbocycles. The van der Waals surface area contributed by atoms with E-state index in [0.29, 0.717) is 15.7 Å². The Morgan fingerprint density at radius 1 is 1.26 bits per heavy atom. The van der Waals surface area contributed by atoms with E-state index in [9.17, 15) is 32.9 Å². The third-order valence-electron chi connectivity index (χ3n) is 6.23. The number of rotatable bonds is 8. The summed E-state index contributed by atoms with van der Waals surface area (Å²) < 4.78 is 61.5. The number of hydrogen-bond donors (Lipinski definition) is 2. The van der Waals surface area contributed by atoms with Crippen molar-refractivity contribution < 1.29 is 46.6 Å². The molecule has 38 heavy (non-hydrogen) atoms. The van der Waals surface area contributed by atoms with Crippen LogP contribution in [0.4, 0.5) is 8.78 Å². The Morgan fingerprint density at radius 3 is 2.63 bits per heavy atom. The maximum Gasteiger partial charge on any atom is 0.350 e. The molecule has 1 aliphatic rings. The number of carbonyl (C=O) groups excluding carboxylic acids is 1. The van der Waals surface area contributed by atoms with E-state index >= 15 is 0 Å². The topological polar surface area (TPSA) is 163 Å². The van der Waals surface area contributed by atoms with Gasteiger partial charge < -0.3 is 28.4 Å². The van der Waals surface area contributed by atoms with Crippen LogP contribution in [0.5, 0.6) is 0 Å². The van der Waals surface area contributed by atoms with Crippen LogP contribution < -0.4 is 5.69 Å². The van der Waals surface area contributed by atoms with Crippen molar-refractivity contribution in [3.05, 3.63) is 57.1 Å². The summed E-state index contributed by atoms with van der Waals surface area (Å²) in [7, 11) is -4.02. The molecular weight excluding hydrogens is 531 g/mol. The quantitative estimate of drug-likeness (QED) is 0.309. The molecule has 2 aromatic heterocycles. The van der Waals surface area contributed by atoms with Gasteiger partial charge in [-0.2, -0.15) is 13.8 Å². The summed E-state index contributed by atoms with van der Waals surface area (Å²) in [4.78, 5) is 41.9. The maximum atomic E-state index is 14.6. The molecule has 1 saturated heterocycles. The molecule has 3 aromatic rings. The molecule has 0 aliphatic carbocycles. The highest BCUT2D eigenvalue weighted by Crippen LogP contribution is 2.44. The minimum Gasteiger partial charge on any atom is -0.455 e. The number of ether oxygens (including phenoxy) is 2. The molecule has 0 amide bonds. The number of fused-ring (bicyclic) bond motifs is 1. The fraction of sp³-hybridized carbons (Fsp3) is 0.478. The number of aromatic nitrogens is 3. The lowest BCUT2D eigenvalue weighted by molar-refractivity contribution is -0.145. The van der Waals surface area contributed by atoms with E-state index < -0.39 is 56.6 Å². The van der Waals surface area contributed by atoms with Crippen molar-refractivity contribution in [2.45, 2.75) is 58.2 Å². The molecule has 3 heterocycles. The second-order valence-electron chi connectivity index (χ2n) is 9.09. The van der Waals surface area contributed by atoms with Crippen LogP contribution >= 0.6 is 7.60 Å². The molecule has 206 valence electrons. The largest absolute Gasteiger partial charge is 0.455 e. The lowest BCUT2D eigenvalue weighted by Crippen LogP contribution is -2.42. The molecule has 12 nitrogen and oxygen atoms in total. The van der Waals surface area contributed by atoms with E-state index in [1.807, 2.05) is 26.8 Å². The van der Waals surface area contributed by atoms with Crippen LogP contribution in [0, 0.1) is 20.8 Å². The molecule has 0 bridgehead atoms. The molecule has 4 atom stereocenters. The number of esters is 1. The first-order chi connectivity index (χ1) is 17.7. The van der Waals surface area contributed by atoms with E-state index in [0.717, 1.165) is 35.6 Å². The molecule has 0 radical (unpaired) electrons. The van der Waals surface area contributed by atoms with Crippen LogP contribution in [0.1, 0.15) is 34.5 Å². The highest BCUT2D eigenvalue weighted by Gasteiger charge is 2.60. The summed E-state index contributed by atoms with van der Waals surface area (Å²) in [6.45, 7) is 5.60. The van der Waals surface area contributed by atoms with Crippen LogP contribution in [0.3, 0.4) is 0 Å². The van der Waals surface area contributed by atoms with Gasteiger partial charge >= 0.3 is 25.2 Å². The van der Waals surface area contributed by atoms with Gasteiger partial charge in [0, 0.05) is 12.9 Å². The molecule has 2 N–H and O–H groups in total. The Labute approximate surface area is 214 Å². The number of aryl methyl sites for hydroxylation is 2. The molecule has 1 fully saturated rings. The van der Waals surface area contributed by atoms with Gasteiger partial charge in [-0.3, -0.25) is 13.9 Å². The molecule has 0 saturated carbocycles. The van der Waals surface area contributed by atoms with Crippen molar-refractivity contribution in [1.82, 2.24) is 14.5 Å². The van der Waals surface area contributed by atoms with Crippen LogP contribution in [0.2, 0.25) is 0 Å². The summed E-state index contributed by atoms with van der Waals surface area (Å²) in [5, 5.41) is 9.92. The number of benzene rings is 1. The van der Waals surface area contributed by atoms with Gasteiger partial charge in [-0.1, -0.05) is 0 Å². The normalized spacial score (nSPS) is 22.5. The number of hydrogen-bond acceptors (Lipinski definition) is 10. The van der Waals surface area contributed by atoms with Gasteiger partial charge in [0.05, 0.1) is 18.7 Å². The molecule has 1 unspecified atom stereocenters. The van der Waals surface area contributed by atoms with E-state index in [1.165, 1.54) is 0 Å². The smallest absolute Gasteiger partial charge is 0.350 e. The molecule has 15 heteroatoms. The summed E-state index contributed by atoms with van der Waals surface area (Å²) in [6, 6.07) is 3.02. The zero-order valence-corrected chi connectivity index (χ0v) is 21.8. The number of halogens is 2. The zero-order valence-electron chi connectivity index (χ0n) is 20.9. The van der Waals surface area contributed by atoms with Gasteiger partial charge in [0.2, 0.25) is 12.1 Å². The van der Waals surface area contributed by atoms with Gasteiger partial charge in [-0.25, -0.2) is 9.78 Å². The van der Waals surface area contributed by atoms with Crippen molar-refractivity contribution in [3.8, 4) is 0 Å². The second kappa shape index (κ2) is 10.3. The predicted molar refractivity (Wildman–Crippen MR) is 127 cm³/mol. The van der Waals surface area contributed by atoms with Crippen molar-refractivity contribution in [3.63, 3.8) is 0 Å². The zero-order chi connectivity index (χ0) is 28.0. The first kappa shape index (κ1) is 28.0. The second-order valence-corrected chi connectivity index (χ2v) is 11.0. The van der Waals surface area contributed by atoms with Gasteiger partial charge in [0.15, 0.2) is 18.3 Å². The van der Waals surface area contributed by atoms with E-state index in [4.69, 9.17) is 13.9 Å². The molecule has 1 aliphatic heterocycles. The van der Waals surface area contributed by atoms with Gasteiger partial charge in [0.1, 0.15) is 11.6 Å². The summed E-state index contributed by atoms with van der Waals surface area (Å²) in [5.74, 6) is -4.52. The Hall–Kier alpha value is -3.03. The summed E-state index contributed by atoms with van der Waals surface area (Å²) in [6.07, 6.45) is -5.84. The van der Waals surface area contributed by atoms with Crippen molar-refractivity contribution in [2.24, 2.45) is 0 Å². The van der Waals surface area contributed by atoms with Gasteiger partial charge in [-0.15, -0.1) is 0 Å². The van der Waals surface area contributed by atoms with Gasteiger partial charge in [-0.05, 0) is 49.6 Å². The Balaban J connectivity index is 1.41. The minimum atomic E-state index is -4.02. The monoisotopic (exact) mass is 557 g/mol. The highest BCUT2D eigenvalue weighted by molar-refractivity contribution is 7.51. The number of aliphatic hydroxyl groups excluding tert-OH is 1. The third-order valence-corrected chi connectivity index (χ3v) is 6.85. The minimum absolute atomic E-state index is 0.0511. The number of aliphatic hydroxyl groups is 1. The number of alkyl halides is 2. The standard InChI is InChI=1S/C23H26F2N3O9P/c1-11-7-15-19(13(3)12(11)2)37-17(27-15)10-34-18(29)8-14-5-6-28(22(31)26-14)21-23(24,25)20(30)16(36-21)9-35-38(4,32)33/h5-7,16,20-21,30H,8-10H2,1-4H3,(H,32,33)/t16-,20-,21-/m1/s1. The number of oxazole rings is 1. The Kier molecular flexibility index (Phi) is 7.56. The van der Waals surface area contributed by atoms with E-state index in [-0.39, 0.29) is 18.2 Å². The SMILES string of the molecule is Cc1cc2nc(COC(=O)Cc3ccn([C@@H]4O[C@H](COP(C)(=O)O)[C@@H](O)C4(F)F)c(=O)n3)oc2c(C)c1C. The highest BCUT2D eigenvalue weighted by atomic mass is 31.2. The summed E-state index contributed by atoms with van der Waals surface area (Å²) in [5.41, 5.74) is 3.04. The van der Waals surface area contributed by atoms with Crippen molar-refractivity contribution in [2.75, 3.05) is 13.3 Å². The first-order valence-corrected chi connectivity index (χ1v) is 13.5. The lowest BCUT2D eigenvalue weighted by atomic mass is 10.0. The fourth-order valence-corrected chi connectivity index (χ4v) is 4.39. The van der Waals surface area contributed by atoms with E-state index in [1.54, 1.807) is 0 Å². The average Bonchev–Trinajstić information content (AvgIpc) is 3.33. The van der Waals surface area contributed by atoms with Crippen LogP contribution in [-0.2, 0) is 36.4 Å². The van der Waals surface area contributed by atoms with E-state index in [2.05, 4.69) is 14.5 Å². The maximum absolute atomic E-state index is 14.6. The van der Waals surface area contributed by atoms with Crippen molar-refractivity contribution >= 4 is 24.7 Å². The molecular formula is C23H26F2N3O9P. The molecule has 0 spiro atoms. The van der Waals surface area contributed by atoms with Crippen LogP contribution in [0.25, 0.3) is 11.1 Å². The third kappa shape index (κ3) is 5.69. The predicted octanol–water partition coefficient (Wildman–Crippen LogP) is 2.32. The Bertz CT molecular complexity index is 1480. The van der Waals surface area contributed by atoms with Crippen LogP contribution in [-0.4, -0.2) is 61.9 Å². The fourth-order valence-electron chi connectivity index (χ4n) is 3.97. The first-order valence-electron chi connectivity index (χ1n) is 11.4. The van der Waals surface area contributed by atoms with Gasteiger partial charge in [0.25, 0.3) is 0 Å². The Morgan fingerprint density at radius 2 is 1.97 bits per heavy atom. The van der Waals surface area contributed by atoms with Crippen molar-refractivity contribution in [1.29, 1.82) is 0 Å². The van der Waals surface area contributed by atoms with Crippen LogP contribution in [0.15, 0.2) is 27.5 Å². The average molecular weight is 557 g/mol. The lowest BCUT2D eigenvalue weighted by Gasteiger charge is -2.21. The number of carbonyl (C=O) groups is 1. The summed E-state index contributed by atoms with van der Waals surface area (Å²) >= 11 is 0. The molecule has 4 rings (SSSR count). The number of nitrogens with zero attached hydrogens (tertiary/aromatic N) is 3.